The molecule has 0 aliphatic rings. The first-order valence-corrected chi connectivity index (χ1v) is 7.06. The average molecular weight is 289 g/mol. The van der Waals surface area contributed by atoms with Crippen molar-refractivity contribution in [3.05, 3.63) is 71.9 Å². The molecule has 4 nitrogen and oxygen atoms in total. The minimum absolute atomic E-state index is 0.0749. The third kappa shape index (κ3) is 2.84. The molecule has 0 unspecified atom stereocenters. The molecule has 1 aromatic heterocycles. The summed E-state index contributed by atoms with van der Waals surface area (Å²) in [4.78, 5) is 12.1. The lowest BCUT2D eigenvalue weighted by Crippen LogP contribution is -2.26. The normalized spacial score (nSPS) is 10.3. The zero-order chi connectivity index (χ0) is 15.4. The fraction of sp³-hybridized carbons (Fsp3) is 0.111. The van der Waals surface area contributed by atoms with Crippen LogP contribution in [0.2, 0.25) is 0 Å². The number of hydrogen-bond acceptors (Lipinski definition) is 2. The summed E-state index contributed by atoms with van der Waals surface area (Å²) in [7, 11) is 0. The third-order valence-electron chi connectivity index (χ3n) is 3.56. The second-order valence-electron chi connectivity index (χ2n) is 5.06. The van der Waals surface area contributed by atoms with E-state index in [0.29, 0.717) is 12.1 Å². The first kappa shape index (κ1) is 13.9. The Balaban J connectivity index is 1.73. The molecule has 0 saturated heterocycles. The monoisotopic (exact) mass is 289 g/mol. The van der Waals surface area contributed by atoms with Crippen molar-refractivity contribution in [1.29, 1.82) is 5.26 Å². The van der Waals surface area contributed by atoms with Gasteiger partial charge in [-0.15, -0.1) is 0 Å². The van der Waals surface area contributed by atoms with Gasteiger partial charge in [0.1, 0.15) is 12.6 Å². The average Bonchev–Trinajstić information content (AvgIpc) is 2.92. The van der Waals surface area contributed by atoms with Crippen molar-refractivity contribution >= 4 is 16.8 Å². The van der Waals surface area contributed by atoms with Crippen LogP contribution in [0.5, 0.6) is 0 Å². The quantitative estimate of drug-likeness (QED) is 0.803. The van der Waals surface area contributed by atoms with Crippen LogP contribution in [-0.4, -0.2) is 10.5 Å². The summed E-state index contributed by atoms with van der Waals surface area (Å²) in [5.74, 6) is -0.0749. The number of nitrogens with zero attached hydrogens (tertiary/aromatic N) is 2. The van der Waals surface area contributed by atoms with Gasteiger partial charge in [0.2, 0.25) is 5.91 Å². The molecular weight excluding hydrogens is 274 g/mol. The van der Waals surface area contributed by atoms with Crippen LogP contribution < -0.4 is 5.32 Å². The highest BCUT2D eigenvalue weighted by molar-refractivity contribution is 5.88. The summed E-state index contributed by atoms with van der Waals surface area (Å²) < 4.78 is 1.81. The summed E-state index contributed by atoms with van der Waals surface area (Å²) in [6.07, 6.45) is 1.73. The number of hydrogen-bond donors (Lipinski definition) is 1. The van der Waals surface area contributed by atoms with Gasteiger partial charge in [-0.05, 0) is 11.6 Å². The molecule has 0 saturated carbocycles. The van der Waals surface area contributed by atoms with Crippen LogP contribution in [-0.2, 0) is 17.9 Å². The number of aromatic nitrogens is 1. The van der Waals surface area contributed by atoms with Gasteiger partial charge in [0, 0.05) is 23.6 Å². The van der Waals surface area contributed by atoms with E-state index < -0.39 is 0 Å². The van der Waals surface area contributed by atoms with Gasteiger partial charge in [-0.25, -0.2) is 0 Å². The van der Waals surface area contributed by atoms with Gasteiger partial charge >= 0.3 is 0 Å². The number of carbonyl (C=O) groups excluding carboxylic acids is 1. The standard InChI is InChI=1S/C18H15N3O/c19-10-15-12-21(17-9-5-4-8-16(15)17)13-18(22)20-11-14-6-2-1-3-7-14/h1-9,12H,11,13H2,(H,20,22). The zero-order valence-corrected chi connectivity index (χ0v) is 12.0. The predicted molar refractivity (Wildman–Crippen MR) is 84.9 cm³/mol. The Kier molecular flexibility index (Phi) is 3.88. The Morgan fingerprint density at radius 2 is 1.82 bits per heavy atom. The first-order valence-electron chi connectivity index (χ1n) is 7.06. The van der Waals surface area contributed by atoms with Crippen LogP contribution in [0.25, 0.3) is 10.9 Å². The molecule has 0 bridgehead atoms. The maximum Gasteiger partial charge on any atom is 0.240 e. The van der Waals surface area contributed by atoms with Gasteiger partial charge < -0.3 is 9.88 Å². The number of para-hydroxylation sites is 1. The van der Waals surface area contributed by atoms with Crippen LogP contribution >= 0.6 is 0 Å². The van der Waals surface area contributed by atoms with Crippen LogP contribution in [0.3, 0.4) is 0 Å². The van der Waals surface area contributed by atoms with E-state index in [4.69, 9.17) is 0 Å². The zero-order valence-electron chi connectivity index (χ0n) is 12.0. The Hall–Kier alpha value is -3.06. The fourth-order valence-corrected chi connectivity index (χ4v) is 2.47. The van der Waals surface area contributed by atoms with Gasteiger partial charge in [-0.3, -0.25) is 4.79 Å². The molecule has 1 heterocycles. The number of nitrogens with one attached hydrogen (secondary N) is 1. The lowest BCUT2D eigenvalue weighted by atomic mass is 10.2. The molecule has 0 radical (unpaired) electrons. The Morgan fingerprint density at radius 1 is 1.09 bits per heavy atom. The molecule has 1 N–H and O–H groups in total. The second-order valence-corrected chi connectivity index (χ2v) is 5.06. The van der Waals surface area contributed by atoms with E-state index in [0.717, 1.165) is 16.5 Å². The maximum atomic E-state index is 12.1. The van der Waals surface area contributed by atoms with E-state index in [1.165, 1.54) is 0 Å². The molecule has 0 aliphatic carbocycles. The highest BCUT2D eigenvalue weighted by Gasteiger charge is 2.10. The lowest BCUT2D eigenvalue weighted by molar-refractivity contribution is -0.121. The smallest absolute Gasteiger partial charge is 0.240 e. The van der Waals surface area contributed by atoms with Gasteiger partial charge in [0.15, 0.2) is 0 Å². The Labute approximate surface area is 128 Å². The number of fused-ring (bicyclic) bond motifs is 1. The molecule has 108 valence electrons. The first-order chi connectivity index (χ1) is 10.8. The van der Waals surface area contributed by atoms with Gasteiger partial charge in [-0.1, -0.05) is 48.5 Å². The Morgan fingerprint density at radius 3 is 2.59 bits per heavy atom. The molecule has 1 amide bonds. The van der Waals surface area contributed by atoms with Gasteiger partial charge in [0.05, 0.1) is 5.56 Å². The van der Waals surface area contributed by atoms with E-state index in [1.807, 2.05) is 59.2 Å². The van der Waals surface area contributed by atoms with Crippen molar-refractivity contribution in [2.45, 2.75) is 13.1 Å². The number of nitriles is 1. The van der Waals surface area contributed by atoms with E-state index in [2.05, 4.69) is 11.4 Å². The topological polar surface area (TPSA) is 57.8 Å². The fourth-order valence-electron chi connectivity index (χ4n) is 2.47. The van der Waals surface area contributed by atoms with Crippen molar-refractivity contribution in [2.24, 2.45) is 0 Å². The SMILES string of the molecule is N#Cc1cn(CC(=O)NCc2ccccc2)c2ccccc12. The van der Waals surface area contributed by atoms with Crippen LogP contribution in [0.4, 0.5) is 0 Å². The van der Waals surface area contributed by atoms with Crippen molar-refractivity contribution in [3.63, 3.8) is 0 Å². The lowest BCUT2D eigenvalue weighted by Gasteiger charge is -2.07. The number of rotatable bonds is 4. The minimum Gasteiger partial charge on any atom is -0.350 e. The summed E-state index contributed by atoms with van der Waals surface area (Å²) in [6.45, 7) is 0.707. The summed E-state index contributed by atoms with van der Waals surface area (Å²) in [6, 6.07) is 19.6. The van der Waals surface area contributed by atoms with E-state index >= 15 is 0 Å². The molecule has 3 aromatic rings. The maximum absolute atomic E-state index is 12.1. The largest absolute Gasteiger partial charge is 0.350 e. The van der Waals surface area contributed by atoms with Crippen LogP contribution in [0.15, 0.2) is 60.8 Å². The van der Waals surface area contributed by atoms with Crippen molar-refractivity contribution in [1.82, 2.24) is 9.88 Å². The molecule has 0 spiro atoms. The minimum atomic E-state index is -0.0749. The highest BCUT2D eigenvalue weighted by atomic mass is 16.1. The number of benzene rings is 2. The van der Waals surface area contributed by atoms with Gasteiger partial charge in [0.25, 0.3) is 0 Å². The van der Waals surface area contributed by atoms with Crippen molar-refractivity contribution in [2.75, 3.05) is 0 Å². The molecule has 0 aliphatic heterocycles. The third-order valence-corrected chi connectivity index (χ3v) is 3.56. The molecule has 4 heteroatoms. The van der Waals surface area contributed by atoms with Gasteiger partial charge in [-0.2, -0.15) is 5.26 Å². The summed E-state index contributed by atoms with van der Waals surface area (Å²) in [5, 5.41) is 12.9. The number of amides is 1. The molecule has 2 aromatic carbocycles. The van der Waals surface area contributed by atoms with E-state index in [9.17, 15) is 10.1 Å². The second kappa shape index (κ2) is 6.15. The summed E-state index contributed by atoms with van der Waals surface area (Å²) >= 11 is 0. The predicted octanol–water partition coefficient (Wildman–Crippen LogP) is 2.83. The summed E-state index contributed by atoms with van der Waals surface area (Å²) in [5.41, 5.74) is 2.55. The number of carbonyl (C=O) groups is 1. The molecule has 22 heavy (non-hydrogen) atoms. The highest BCUT2D eigenvalue weighted by Crippen LogP contribution is 2.20. The molecular formula is C18H15N3O. The van der Waals surface area contributed by atoms with Crippen molar-refractivity contribution < 1.29 is 4.79 Å². The molecule has 0 fully saturated rings. The van der Waals surface area contributed by atoms with E-state index in [-0.39, 0.29) is 12.5 Å². The van der Waals surface area contributed by atoms with Crippen LogP contribution in [0, 0.1) is 11.3 Å². The van der Waals surface area contributed by atoms with E-state index in [1.54, 1.807) is 6.20 Å². The van der Waals surface area contributed by atoms with Crippen LogP contribution in [0.1, 0.15) is 11.1 Å². The molecule has 0 atom stereocenters. The molecule has 3 rings (SSSR count). The Bertz CT molecular complexity index is 844. The van der Waals surface area contributed by atoms with Crippen molar-refractivity contribution in [3.8, 4) is 6.07 Å².